The van der Waals surface area contributed by atoms with Crippen molar-refractivity contribution in [3.63, 3.8) is 0 Å². The van der Waals surface area contributed by atoms with Crippen LogP contribution < -0.4 is 9.57 Å². The van der Waals surface area contributed by atoms with Crippen molar-refractivity contribution in [2.24, 2.45) is 0 Å². The topological polar surface area (TPSA) is 104 Å². The van der Waals surface area contributed by atoms with Crippen molar-refractivity contribution in [3.8, 4) is 5.75 Å². The van der Waals surface area contributed by atoms with E-state index in [1.807, 2.05) is 0 Å². The summed E-state index contributed by atoms with van der Waals surface area (Å²) >= 11 is 5.20. The van der Waals surface area contributed by atoms with E-state index in [4.69, 9.17) is 37.1 Å². The van der Waals surface area contributed by atoms with Gasteiger partial charge >= 0.3 is 6.09 Å². The molecule has 9 heteroatoms. The van der Waals surface area contributed by atoms with Gasteiger partial charge in [-0.25, -0.2) is 4.79 Å². The van der Waals surface area contributed by atoms with Crippen molar-refractivity contribution in [2.75, 3.05) is 39.5 Å². The second kappa shape index (κ2) is 10.9. The highest BCUT2D eigenvalue weighted by Crippen LogP contribution is 2.13. The van der Waals surface area contributed by atoms with Crippen LogP contribution in [0.1, 0.15) is 12.8 Å². The number of nitrogens with zero attached hydrogens (tertiary/aromatic N) is 2. The molecular formula is C14H22N2O6S. The van der Waals surface area contributed by atoms with Crippen molar-refractivity contribution in [3.05, 3.63) is 23.0 Å². The molecule has 1 amide bonds. The van der Waals surface area contributed by atoms with Crippen LogP contribution in [0.2, 0.25) is 0 Å². The summed E-state index contributed by atoms with van der Waals surface area (Å²) in [5.41, 5.74) is 0. The predicted octanol–water partition coefficient (Wildman–Crippen LogP) is 0.204. The fourth-order valence-electron chi connectivity index (χ4n) is 1.71. The molecule has 0 fully saturated rings. The molecule has 0 saturated carbocycles. The van der Waals surface area contributed by atoms with E-state index >= 15 is 0 Å². The lowest BCUT2D eigenvalue weighted by molar-refractivity contribution is 0.0754. The maximum atomic E-state index is 12.0. The average molecular weight is 346 g/mol. The van der Waals surface area contributed by atoms with Gasteiger partial charge in [0.2, 0.25) is 0 Å². The number of rotatable bonds is 10. The number of aliphatic hydroxyl groups is 3. The predicted molar refractivity (Wildman–Crippen MR) is 84.8 cm³/mol. The van der Waals surface area contributed by atoms with Crippen molar-refractivity contribution >= 4 is 18.3 Å². The van der Waals surface area contributed by atoms with Gasteiger partial charge in [-0.3, -0.25) is 0 Å². The number of hydrogen-bond acceptors (Lipinski definition) is 7. The molecule has 1 rings (SSSR count). The van der Waals surface area contributed by atoms with Gasteiger partial charge in [-0.1, -0.05) is 12.2 Å². The Balaban J connectivity index is 2.72. The molecule has 0 bridgehead atoms. The van der Waals surface area contributed by atoms with Gasteiger partial charge in [0.15, 0.2) is 10.4 Å². The maximum absolute atomic E-state index is 12.0. The Bertz CT molecular complexity index is 530. The number of pyridine rings is 1. The normalized spacial score (nSPS) is 10.4. The van der Waals surface area contributed by atoms with Crippen LogP contribution in [0.25, 0.3) is 0 Å². The van der Waals surface area contributed by atoms with Crippen LogP contribution in [0.5, 0.6) is 5.75 Å². The van der Waals surface area contributed by atoms with E-state index in [0.717, 1.165) is 9.63 Å². The molecule has 0 aliphatic heterocycles. The van der Waals surface area contributed by atoms with Crippen LogP contribution in [0.3, 0.4) is 0 Å². The maximum Gasteiger partial charge on any atom is 0.434 e. The lowest BCUT2D eigenvalue weighted by atomic mass is 10.3. The van der Waals surface area contributed by atoms with Crippen LogP contribution in [0.4, 0.5) is 4.79 Å². The zero-order valence-corrected chi connectivity index (χ0v) is 13.6. The van der Waals surface area contributed by atoms with Gasteiger partial charge < -0.3 is 29.8 Å². The Morgan fingerprint density at radius 3 is 2.48 bits per heavy atom. The number of unbranched alkanes of at least 4 members (excludes halogenated alkanes) is 1. The van der Waals surface area contributed by atoms with Crippen LogP contribution in [-0.2, 0) is 0 Å². The van der Waals surface area contributed by atoms with Gasteiger partial charge in [-0.05, 0) is 25.0 Å². The second-order valence-corrected chi connectivity index (χ2v) is 4.96. The molecule has 0 unspecified atom stereocenters. The zero-order chi connectivity index (χ0) is 17.1. The molecule has 0 aliphatic rings. The first-order valence-electron chi connectivity index (χ1n) is 7.28. The SMILES string of the molecule is O=C(On1cccc(OCCCCO)c1=S)N(CCO)CCO. The molecule has 1 heterocycles. The first kappa shape index (κ1) is 19.4. The molecular weight excluding hydrogens is 324 g/mol. The Labute approximate surface area is 139 Å². The van der Waals surface area contributed by atoms with Gasteiger partial charge in [0.1, 0.15) is 0 Å². The third-order valence-electron chi connectivity index (χ3n) is 2.86. The van der Waals surface area contributed by atoms with Crippen molar-refractivity contribution in [2.45, 2.75) is 12.8 Å². The lowest BCUT2D eigenvalue weighted by Gasteiger charge is -2.20. The van der Waals surface area contributed by atoms with E-state index in [-0.39, 0.29) is 37.6 Å². The Morgan fingerprint density at radius 1 is 1.17 bits per heavy atom. The summed E-state index contributed by atoms with van der Waals surface area (Å²) in [5.74, 6) is 0.393. The van der Waals surface area contributed by atoms with Crippen molar-refractivity contribution in [1.29, 1.82) is 0 Å². The molecule has 0 atom stereocenters. The monoisotopic (exact) mass is 346 g/mol. The minimum Gasteiger partial charge on any atom is -0.490 e. The molecule has 0 radical (unpaired) electrons. The van der Waals surface area contributed by atoms with E-state index in [9.17, 15) is 4.79 Å². The van der Waals surface area contributed by atoms with Crippen LogP contribution in [-0.4, -0.2) is 70.6 Å². The van der Waals surface area contributed by atoms with Crippen LogP contribution in [0, 0.1) is 4.64 Å². The third-order valence-corrected chi connectivity index (χ3v) is 3.25. The minimum atomic E-state index is -0.735. The number of carbonyl (C=O) groups excluding carboxylic acids is 1. The largest absolute Gasteiger partial charge is 0.490 e. The standard InChI is InChI=1S/C14H22N2O6S/c17-8-1-2-11-21-12-4-3-5-16(13(12)23)22-14(20)15(6-9-18)7-10-19/h3-5,17-19H,1-2,6-11H2. The number of aromatic nitrogens is 1. The molecule has 0 aromatic carbocycles. The van der Waals surface area contributed by atoms with Gasteiger partial charge in [-0.15, -0.1) is 0 Å². The molecule has 0 spiro atoms. The van der Waals surface area contributed by atoms with E-state index in [1.54, 1.807) is 12.1 Å². The number of carbonyl (C=O) groups is 1. The summed E-state index contributed by atoms with van der Waals surface area (Å²) in [5, 5.41) is 26.6. The smallest absolute Gasteiger partial charge is 0.434 e. The Hall–Kier alpha value is -1.68. The average Bonchev–Trinajstić information content (AvgIpc) is 2.54. The van der Waals surface area contributed by atoms with Gasteiger partial charge in [0.05, 0.1) is 19.8 Å². The van der Waals surface area contributed by atoms with Crippen LogP contribution >= 0.6 is 12.2 Å². The summed E-state index contributed by atoms with van der Waals surface area (Å²) in [6, 6.07) is 3.28. The van der Waals surface area contributed by atoms with Gasteiger partial charge in [0, 0.05) is 25.9 Å². The Morgan fingerprint density at radius 2 is 1.87 bits per heavy atom. The highest BCUT2D eigenvalue weighted by molar-refractivity contribution is 7.71. The summed E-state index contributed by atoms with van der Waals surface area (Å²) in [4.78, 5) is 18.3. The van der Waals surface area contributed by atoms with E-state index in [0.29, 0.717) is 25.2 Å². The fourth-order valence-corrected chi connectivity index (χ4v) is 1.94. The fraction of sp³-hybridized carbons (Fsp3) is 0.571. The Kier molecular flexibility index (Phi) is 9.22. The molecule has 130 valence electrons. The van der Waals surface area contributed by atoms with Crippen LogP contribution in [0.15, 0.2) is 18.3 Å². The number of amides is 1. The highest BCUT2D eigenvalue weighted by Gasteiger charge is 2.15. The minimum absolute atomic E-state index is 0.0457. The molecule has 0 saturated heterocycles. The van der Waals surface area contributed by atoms with E-state index in [2.05, 4.69) is 0 Å². The zero-order valence-electron chi connectivity index (χ0n) is 12.8. The number of aliphatic hydroxyl groups excluding tert-OH is 3. The first-order chi connectivity index (χ1) is 11.1. The summed E-state index contributed by atoms with van der Waals surface area (Å²) in [6.07, 6.45) is 2.05. The molecule has 1 aromatic heterocycles. The summed E-state index contributed by atoms with van der Waals surface area (Å²) < 4.78 is 6.79. The number of hydrogen-bond donors (Lipinski definition) is 3. The lowest BCUT2D eigenvalue weighted by Crippen LogP contribution is -2.40. The van der Waals surface area contributed by atoms with Crippen molar-refractivity contribution < 1.29 is 29.7 Å². The summed E-state index contributed by atoms with van der Waals surface area (Å²) in [6.45, 7) is 0.0997. The first-order valence-corrected chi connectivity index (χ1v) is 7.69. The summed E-state index contributed by atoms with van der Waals surface area (Å²) in [7, 11) is 0. The molecule has 8 nitrogen and oxygen atoms in total. The second-order valence-electron chi connectivity index (χ2n) is 4.57. The van der Waals surface area contributed by atoms with Gasteiger partial charge in [0.25, 0.3) is 0 Å². The van der Waals surface area contributed by atoms with Crippen molar-refractivity contribution in [1.82, 2.24) is 9.63 Å². The van der Waals surface area contributed by atoms with Gasteiger partial charge in [-0.2, -0.15) is 4.73 Å². The van der Waals surface area contributed by atoms with E-state index in [1.165, 1.54) is 6.20 Å². The quantitative estimate of drug-likeness (QED) is 0.411. The molecule has 0 aliphatic carbocycles. The molecule has 3 N–H and O–H groups in total. The number of ether oxygens (including phenoxy) is 1. The highest BCUT2D eigenvalue weighted by atomic mass is 32.1. The molecule has 1 aromatic rings. The molecule has 23 heavy (non-hydrogen) atoms. The van der Waals surface area contributed by atoms with E-state index < -0.39 is 6.09 Å². The third kappa shape index (κ3) is 6.53.